The number of likely N-dealkylation sites (tertiary alicyclic amines) is 1. The van der Waals surface area contributed by atoms with E-state index in [1.54, 1.807) is 0 Å². The molecular formula is C20H29N3O3. The lowest BCUT2D eigenvalue weighted by molar-refractivity contribution is -0.139. The Kier molecular flexibility index (Phi) is 6.50. The zero-order valence-corrected chi connectivity index (χ0v) is 15.6. The Morgan fingerprint density at radius 3 is 2.73 bits per heavy atom. The molecule has 26 heavy (non-hydrogen) atoms. The number of piperidine rings is 1. The molecule has 1 unspecified atom stereocenters. The van der Waals surface area contributed by atoms with Gasteiger partial charge in [-0.05, 0) is 32.3 Å². The van der Waals surface area contributed by atoms with Crippen LogP contribution in [0.25, 0.3) is 0 Å². The predicted octanol–water partition coefficient (Wildman–Crippen LogP) is 1.79. The number of amides is 2. The second kappa shape index (κ2) is 9.03. The van der Waals surface area contributed by atoms with Gasteiger partial charge in [-0.15, -0.1) is 0 Å². The maximum Gasteiger partial charge on any atom is 0.237 e. The van der Waals surface area contributed by atoms with Crippen LogP contribution in [-0.2, 0) is 16.1 Å². The molecule has 2 fully saturated rings. The summed E-state index contributed by atoms with van der Waals surface area (Å²) in [5, 5.41) is 2.91. The Bertz CT molecular complexity index is 628. The van der Waals surface area contributed by atoms with Crippen molar-refractivity contribution in [3.8, 4) is 5.75 Å². The third kappa shape index (κ3) is 4.55. The van der Waals surface area contributed by atoms with Gasteiger partial charge in [0.1, 0.15) is 5.75 Å². The fourth-order valence-electron chi connectivity index (χ4n) is 3.76. The first-order valence-electron chi connectivity index (χ1n) is 9.69. The molecule has 0 aromatic heterocycles. The molecule has 0 spiro atoms. The average molecular weight is 359 g/mol. The van der Waals surface area contributed by atoms with E-state index in [4.69, 9.17) is 4.74 Å². The highest BCUT2D eigenvalue weighted by molar-refractivity contribution is 5.88. The van der Waals surface area contributed by atoms with Crippen molar-refractivity contribution in [2.75, 3.05) is 32.8 Å². The fraction of sp³-hybridized carbons (Fsp3) is 0.600. The van der Waals surface area contributed by atoms with Gasteiger partial charge in [-0.2, -0.15) is 0 Å². The maximum absolute atomic E-state index is 12.7. The lowest BCUT2D eigenvalue weighted by atomic mass is 10.0. The molecule has 2 aliphatic heterocycles. The van der Waals surface area contributed by atoms with E-state index in [1.165, 1.54) is 6.42 Å². The maximum atomic E-state index is 12.7. The minimum atomic E-state index is -0.409. The van der Waals surface area contributed by atoms with Crippen molar-refractivity contribution in [1.29, 1.82) is 0 Å². The number of nitrogens with one attached hydrogen (secondary N) is 1. The van der Waals surface area contributed by atoms with Crippen LogP contribution >= 0.6 is 0 Å². The van der Waals surface area contributed by atoms with Crippen LogP contribution in [0.1, 0.15) is 38.2 Å². The predicted molar refractivity (Wildman–Crippen MR) is 99.9 cm³/mol. The first-order valence-corrected chi connectivity index (χ1v) is 9.69. The topological polar surface area (TPSA) is 61.9 Å². The van der Waals surface area contributed by atoms with Crippen molar-refractivity contribution in [2.24, 2.45) is 0 Å². The van der Waals surface area contributed by atoms with E-state index < -0.39 is 6.04 Å². The Hall–Kier alpha value is -2.08. The fourth-order valence-corrected chi connectivity index (χ4v) is 3.76. The molecule has 2 saturated heterocycles. The van der Waals surface area contributed by atoms with Crippen LogP contribution in [0.5, 0.6) is 5.75 Å². The van der Waals surface area contributed by atoms with Crippen LogP contribution in [0.3, 0.4) is 0 Å². The number of nitrogens with zero attached hydrogens (tertiary/aromatic N) is 2. The molecule has 0 radical (unpaired) electrons. The lowest BCUT2D eigenvalue weighted by Gasteiger charge is -2.36. The van der Waals surface area contributed by atoms with Gasteiger partial charge in [-0.3, -0.25) is 14.5 Å². The van der Waals surface area contributed by atoms with Gasteiger partial charge in [0.15, 0.2) is 0 Å². The third-order valence-corrected chi connectivity index (χ3v) is 5.16. The normalized spacial score (nSPS) is 21.3. The van der Waals surface area contributed by atoms with Crippen LogP contribution in [0, 0.1) is 0 Å². The van der Waals surface area contributed by atoms with Crippen LogP contribution in [0.2, 0.25) is 0 Å². The van der Waals surface area contributed by atoms with Crippen molar-refractivity contribution in [3.05, 3.63) is 29.8 Å². The summed E-state index contributed by atoms with van der Waals surface area (Å²) in [6.45, 7) is 6.18. The Labute approximate surface area is 155 Å². The number of hydrogen-bond acceptors (Lipinski definition) is 4. The zero-order valence-electron chi connectivity index (χ0n) is 15.6. The van der Waals surface area contributed by atoms with Gasteiger partial charge in [0, 0.05) is 38.3 Å². The van der Waals surface area contributed by atoms with Crippen molar-refractivity contribution in [3.63, 3.8) is 0 Å². The minimum Gasteiger partial charge on any atom is -0.494 e. The number of hydrogen-bond donors (Lipinski definition) is 1. The largest absolute Gasteiger partial charge is 0.494 e. The molecular weight excluding hydrogens is 330 g/mol. The van der Waals surface area contributed by atoms with E-state index in [0.29, 0.717) is 19.7 Å². The number of carbonyl (C=O) groups excluding carboxylic acids is 2. The molecule has 1 N–H and O–H groups in total. The monoisotopic (exact) mass is 359 g/mol. The molecule has 0 aliphatic carbocycles. The highest BCUT2D eigenvalue weighted by atomic mass is 16.5. The Balaban J connectivity index is 1.70. The second-order valence-corrected chi connectivity index (χ2v) is 6.96. The van der Waals surface area contributed by atoms with Crippen molar-refractivity contribution in [1.82, 2.24) is 15.1 Å². The van der Waals surface area contributed by atoms with Crippen molar-refractivity contribution >= 4 is 11.8 Å². The van der Waals surface area contributed by atoms with Crippen molar-refractivity contribution < 1.29 is 14.3 Å². The minimum absolute atomic E-state index is 0.0458. The van der Waals surface area contributed by atoms with Gasteiger partial charge in [-0.1, -0.05) is 18.2 Å². The Morgan fingerprint density at radius 1 is 1.19 bits per heavy atom. The first-order chi connectivity index (χ1) is 12.7. The van der Waals surface area contributed by atoms with Gasteiger partial charge >= 0.3 is 0 Å². The molecule has 0 saturated carbocycles. The number of rotatable bonds is 6. The summed E-state index contributed by atoms with van der Waals surface area (Å²) >= 11 is 0. The number of ether oxygens (including phenoxy) is 1. The highest BCUT2D eigenvalue weighted by Gasteiger charge is 2.33. The number of para-hydroxylation sites is 1. The lowest BCUT2D eigenvalue weighted by Crippen LogP contribution is -2.56. The van der Waals surface area contributed by atoms with Crippen LogP contribution in [0.15, 0.2) is 24.3 Å². The molecule has 2 heterocycles. The van der Waals surface area contributed by atoms with E-state index >= 15 is 0 Å². The summed E-state index contributed by atoms with van der Waals surface area (Å²) in [4.78, 5) is 29.2. The summed E-state index contributed by atoms with van der Waals surface area (Å²) in [5.41, 5.74) is 1.06. The SMILES string of the molecule is CCOc1ccccc1CN1CCNC(=O)C1CC(=O)N1CCCCC1. The van der Waals surface area contributed by atoms with Gasteiger partial charge in [0.25, 0.3) is 0 Å². The molecule has 1 aromatic carbocycles. The Morgan fingerprint density at radius 2 is 1.96 bits per heavy atom. The molecule has 6 nitrogen and oxygen atoms in total. The molecule has 2 aliphatic rings. The van der Waals surface area contributed by atoms with Crippen LogP contribution in [0.4, 0.5) is 0 Å². The molecule has 1 atom stereocenters. The van der Waals surface area contributed by atoms with E-state index in [1.807, 2.05) is 36.1 Å². The summed E-state index contributed by atoms with van der Waals surface area (Å²) < 4.78 is 5.71. The molecule has 2 amide bonds. The van der Waals surface area contributed by atoms with E-state index in [-0.39, 0.29) is 18.2 Å². The molecule has 0 bridgehead atoms. The third-order valence-electron chi connectivity index (χ3n) is 5.16. The van der Waals surface area contributed by atoms with Crippen molar-refractivity contribution in [2.45, 2.75) is 45.2 Å². The summed E-state index contributed by atoms with van der Waals surface area (Å²) in [6, 6.07) is 7.51. The zero-order chi connectivity index (χ0) is 18.4. The van der Waals surface area contributed by atoms with Gasteiger partial charge in [-0.25, -0.2) is 0 Å². The highest BCUT2D eigenvalue weighted by Crippen LogP contribution is 2.23. The molecule has 3 rings (SSSR count). The van der Waals surface area contributed by atoms with Crippen LogP contribution in [-0.4, -0.2) is 60.4 Å². The van der Waals surface area contributed by atoms with E-state index in [2.05, 4.69) is 10.2 Å². The molecule has 6 heteroatoms. The van der Waals surface area contributed by atoms with Gasteiger partial charge < -0.3 is 15.0 Å². The first kappa shape index (κ1) is 18.7. The smallest absolute Gasteiger partial charge is 0.237 e. The van der Waals surface area contributed by atoms with E-state index in [9.17, 15) is 9.59 Å². The van der Waals surface area contributed by atoms with Gasteiger partial charge in [0.2, 0.25) is 11.8 Å². The van der Waals surface area contributed by atoms with E-state index in [0.717, 1.165) is 43.8 Å². The molecule has 142 valence electrons. The number of benzene rings is 1. The van der Waals surface area contributed by atoms with Gasteiger partial charge in [0.05, 0.1) is 19.1 Å². The summed E-state index contributed by atoms with van der Waals surface area (Å²) in [6.07, 6.45) is 3.57. The molecule has 1 aromatic rings. The quantitative estimate of drug-likeness (QED) is 0.841. The van der Waals surface area contributed by atoms with Crippen LogP contribution < -0.4 is 10.1 Å². The number of piperazine rings is 1. The average Bonchev–Trinajstić information content (AvgIpc) is 2.67. The summed E-state index contributed by atoms with van der Waals surface area (Å²) in [7, 11) is 0. The summed E-state index contributed by atoms with van der Waals surface area (Å²) in [5.74, 6) is 0.896. The standard InChI is InChI=1S/C20H29N3O3/c1-2-26-18-9-5-4-8-16(18)15-23-13-10-21-20(25)17(23)14-19(24)22-11-6-3-7-12-22/h4-5,8-9,17H,2-3,6-7,10-15H2,1H3,(H,21,25). The number of carbonyl (C=O) groups is 2. The second-order valence-electron chi connectivity index (χ2n) is 6.96.